The van der Waals surface area contributed by atoms with Crippen molar-refractivity contribution in [1.82, 2.24) is 0 Å². The molecule has 0 aliphatic heterocycles. The second-order valence-electron chi connectivity index (χ2n) is 7.80. The van der Waals surface area contributed by atoms with Crippen molar-refractivity contribution in [3.8, 4) is 0 Å². The molecule has 0 radical (unpaired) electrons. The topological polar surface area (TPSA) is 29.1 Å². The lowest BCUT2D eigenvalue weighted by Gasteiger charge is -2.11. The van der Waals surface area contributed by atoms with Gasteiger partial charge in [0.05, 0.1) is 0 Å². The molecule has 0 unspecified atom stereocenters. The number of hydrogen-bond donors (Lipinski definition) is 1. The summed E-state index contributed by atoms with van der Waals surface area (Å²) in [7, 11) is 0. The van der Waals surface area contributed by atoms with Gasteiger partial charge in [-0.15, -0.1) is 0 Å². The number of carbonyl (C=O) groups excluding carboxylic acids is 1. The van der Waals surface area contributed by atoms with Gasteiger partial charge in [0.15, 0.2) is 0 Å². The second kappa shape index (κ2) is 16.2. The third-order valence-corrected chi connectivity index (χ3v) is 5.10. The minimum atomic E-state index is 0.142. The Morgan fingerprint density at radius 3 is 2.04 bits per heavy atom. The summed E-state index contributed by atoms with van der Waals surface area (Å²) in [5, 5.41) is 3.07. The Morgan fingerprint density at radius 2 is 1.39 bits per heavy atom. The van der Waals surface area contributed by atoms with Gasteiger partial charge in [-0.25, -0.2) is 0 Å². The molecule has 0 atom stereocenters. The van der Waals surface area contributed by atoms with Crippen molar-refractivity contribution in [2.45, 2.75) is 97.8 Å². The fourth-order valence-electron chi connectivity index (χ4n) is 3.31. The highest BCUT2D eigenvalue weighted by molar-refractivity contribution is 5.92. The molecule has 0 aliphatic rings. The van der Waals surface area contributed by atoms with Crippen molar-refractivity contribution in [2.75, 3.05) is 5.32 Å². The van der Waals surface area contributed by atoms with Crippen LogP contribution in [-0.4, -0.2) is 5.91 Å². The van der Waals surface area contributed by atoms with E-state index in [1.54, 1.807) is 0 Å². The summed E-state index contributed by atoms with van der Waals surface area (Å²) in [5.41, 5.74) is 3.25. The van der Waals surface area contributed by atoms with Crippen molar-refractivity contribution in [3.05, 3.63) is 53.6 Å². The minimum Gasteiger partial charge on any atom is -0.326 e. The molecule has 1 amide bonds. The first-order valence-corrected chi connectivity index (χ1v) is 11.3. The molecule has 2 nitrogen and oxygen atoms in total. The number of benzene rings is 1. The standard InChI is InChI=1S/C26H41NO/c1-4-5-6-7-8-9-10-11-12-13-14-15-16-17-18-22-25(28)27-26-23(2)20-19-21-24(26)3/h8-9,11-12,19-21H,4-7,10,13-18,22H2,1-3H3,(H,27,28)/b9-8-,12-11-. The summed E-state index contributed by atoms with van der Waals surface area (Å²) in [5.74, 6) is 0.142. The van der Waals surface area contributed by atoms with Gasteiger partial charge in [0.25, 0.3) is 0 Å². The van der Waals surface area contributed by atoms with Crippen LogP contribution in [0.4, 0.5) is 5.69 Å². The largest absolute Gasteiger partial charge is 0.326 e. The van der Waals surface area contributed by atoms with E-state index in [9.17, 15) is 4.79 Å². The summed E-state index contributed by atoms with van der Waals surface area (Å²) in [6.45, 7) is 6.33. The number of aryl methyl sites for hydroxylation is 2. The first-order valence-electron chi connectivity index (χ1n) is 11.3. The highest BCUT2D eigenvalue weighted by Gasteiger charge is 2.06. The summed E-state index contributed by atoms with van der Waals surface area (Å²) in [6, 6.07) is 6.11. The summed E-state index contributed by atoms with van der Waals surface area (Å²) < 4.78 is 0. The van der Waals surface area contributed by atoms with E-state index in [0.29, 0.717) is 6.42 Å². The first kappa shape index (κ1) is 24.2. The van der Waals surface area contributed by atoms with Gasteiger partial charge in [0.1, 0.15) is 0 Å². The minimum absolute atomic E-state index is 0.142. The van der Waals surface area contributed by atoms with Crippen LogP contribution < -0.4 is 5.32 Å². The van der Waals surface area contributed by atoms with Gasteiger partial charge in [0.2, 0.25) is 5.91 Å². The Morgan fingerprint density at radius 1 is 0.821 bits per heavy atom. The van der Waals surface area contributed by atoms with E-state index in [4.69, 9.17) is 0 Å². The number of hydrogen-bond acceptors (Lipinski definition) is 1. The van der Waals surface area contributed by atoms with Gasteiger partial charge in [-0.2, -0.15) is 0 Å². The molecule has 1 aromatic carbocycles. The molecule has 1 rings (SSSR count). The van der Waals surface area contributed by atoms with Crippen molar-refractivity contribution in [1.29, 1.82) is 0 Å². The molecule has 0 fully saturated rings. The molecule has 1 N–H and O–H groups in total. The summed E-state index contributed by atoms with van der Waals surface area (Å²) in [6.07, 6.45) is 23.1. The smallest absolute Gasteiger partial charge is 0.224 e. The van der Waals surface area contributed by atoms with E-state index < -0.39 is 0 Å². The normalized spacial score (nSPS) is 11.5. The summed E-state index contributed by atoms with van der Waals surface area (Å²) in [4.78, 5) is 12.1. The molecule has 1 aromatic rings. The number of allylic oxidation sites excluding steroid dienone is 4. The third kappa shape index (κ3) is 11.8. The van der Waals surface area contributed by atoms with Crippen LogP contribution in [0.2, 0.25) is 0 Å². The molecule has 0 aliphatic carbocycles. The van der Waals surface area contributed by atoms with Crippen LogP contribution in [0.5, 0.6) is 0 Å². The fraction of sp³-hybridized carbons (Fsp3) is 0.577. The van der Waals surface area contributed by atoms with Gasteiger partial charge in [-0.3, -0.25) is 4.79 Å². The molecule has 0 aromatic heterocycles. The molecule has 0 spiro atoms. The number of carbonyl (C=O) groups is 1. The molecular weight excluding hydrogens is 342 g/mol. The van der Waals surface area contributed by atoms with Gasteiger partial charge in [0, 0.05) is 12.1 Å². The predicted octanol–water partition coefficient (Wildman–Crippen LogP) is 8.06. The van der Waals surface area contributed by atoms with Crippen LogP contribution in [0, 0.1) is 13.8 Å². The lowest BCUT2D eigenvalue weighted by atomic mass is 10.1. The number of nitrogens with one attached hydrogen (secondary N) is 1. The van der Waals surface area contributed by atoms with Crippen molar-refractivity contribution in [3.63, 3.8) is 0 Å². The van der Waals surface area contributed by atoms with Crippen LogP contribution in [0.1, 0.15) is 95.1 Å². The average molecular weight is 384 g/mol. The Hall–Kier alpha value is -1.83. The van der Waals surface area contributed by atoms with E-state index in [-0.39, 0.29) is 5.91 Å². The second-order valence-corrected chi connectivity index (χ2v) is 7.80. The average Bonchev–Trinajstić information content (AvgIpc) is 2.68. The Balaban J connectivity index is 1.97. The van der Waals surface area contributed by atoms with Gasteiger partial charge >= 0.3 is 0 Å². The van der Waals surface area contributed by atoms with Gasteiger partial charge < -0.3 is 5.32 Å². The van der Waals surface area contributed by atoms with Crippen LogP contribution >= 0.6 is 0 Å². The highest BCUT2D eigenvalue weighted by Crippen LogP contribution is 2.20. The zero-order chi connectivity index (χ0) is 20.5. The Bertz CT molecular complexity index is 580. The van der Waals surface area contributed by atoms with E-state index >= 15 is 0 Å². The van der Waals surface area contributed by atoms with E-state index in [1.807, 2.05) is 32.0 Å². The maximum atomic E-state index is 12.1. The maximum Gasteiger partial charge on any atom is 0.224 e. The zero-order valence-corrected chi connectivity index (χ0v) is 18.4. The molecular formula is C26H41NO. The number of amides is 1. The zero-order valence-electron chi connectivity index (χ0n) is 18.4. The molecule has 0 saturated heterocycles. The van der Waals surface area contributed by atoms with Gasteiger partial charge in [-0.05, 0) is 63.5 Å². The lowest BCUT2D eigenvalue weighted by Crippen LogP contribution is -2.13. The van der Waals surface area contributed by atoms with Gasteiger partial charge in [-0.1, -0.05) is 81.5 Å². The number of anilines is 1. The molecule has 0 saturated carbocycles. The van der Waals surface area contributed by atoms with Crippen molar-refractivity contribution in [2.24, 2.45) is 0 Å². The van der Waals surface area contributed by atoms with E-state index in [0.717, 1.165) is 36.1 Å². The third-order valence-electron chi connectivity index (χ3n) is 5.10. The van der Waals surface area contributed by atoms with Crippen LogP contribution in [0.25, 0.3) is 0 Å². The molecule has 2 heteroatoms. The van der Waals surface area contributed by atoms with Crippen LogP contribution in [-0.2, 0) is 4.79 Å². The van der Waals surface area contributed by atoms with E-state index in [1.165, 1.54) is 51.4 Å². The highest BCUT2D eigenvalue weighted by atomic mass is 16.1. The molecule has 28 heavy (non-hydrogen) atoms. The number of rotatable bonds is 15. The molecule has 0 bridgehead atoms. The lowest BCUT2D eigenvalue weighted by molar-refractivity contribution is -0.116. The molecule has 0 heterocycles. The predicted molar refractivity (Wildman–Crippen MR) is 124 cm³/mol. The Labute approximate surface area is 173 Å². The van der Waals surface area contributed by atoms with Crippen LogP contribution in [0.3, 0.4) is 0 Å². The summed E-state index contributed by atoms with van der Waals surface area (Å²) >= 11 is 0. The van der Waals surface area contributed by atoms with Crippen molar-refractivity contribution < 1.29 is 4.79 Å². The van der Waals surface area contributed by atoms with Crippen LogP contribution in [0.15, 0.2) is 42.5 Å². The number of para-hydroxylation sites is 1. The Kier molecular flexibility index (Phi) is 14.0. The number of unbranched alkanes of at least 4 members (excludes halogenated alkanes) is 8. The maximum absolute atomic E-state index is 12.1. The monoisotopic (exact) mass is 383 g/mol. The quantitative estimate of drug-likeness (QED) is 0.241. The van der Waals surface area contributed by atoms with Crippen molar-refractivity contribution >= 4 is 11.6 Å². The first-order chi connectivity index (χ1) is 13.6. The van der Waals surface area contributed by atoms with E-state index in [2.05, 4.69) is 36.5 Å². The molecule has 156 valence electrons. The fourth-order valence-corrected chi connectivity index (χ4v) is 3.31. The SMILES string of the molecule is CCCCC/C=C\C/C=C\CCCCCCCC(=O)Nc1c(C)cccc1C.